The van der Waals surface area contributed by atoms with Gasteiger partial charge in [0.1, 0.15) is 4.88 Å². The molecular weight excluding hydrogens is 364 g/mol. The average molecular weight is 382 g/mol. The number of hydrogen-bond acceptors (Lipinski definition) is 7. The van der Waals surface area contributed by atoms with E-state index in [1.165, 1.54) is 10.5 Å². The lowest BCUT2D eigenvalue weighted by Crippen LogP contribution is -2.48. The van der Waals surface area contributed by atoms with Crippen LogP contribution in [0.1, 0.15) is 15.2 Å². The number of hydroxylamine groups is 1. The van der Waals surface area contributed by atoms with Crippen molar-refractivity contribution in [2.75, 3.05) is 31.1 Å². The third-order valence-corrected chi connectivity index (χ3v) is 6.91. The fourth-order valence-corrected chi connectivity index (χ4v) is 5.00. The van der Waals surface area contributed by atoms with E-state index in [1.807, 2.05) is 17.9 Å². The van der Waals surface area contributed by atoms with Crippen molar-refractivity contribution < 1.29 is 18.4 Å². The average Bonchev–Trinajstić information content (AvgIpc) is 3.11. The number of aryl methyl sites for hydroxylation is 1. The lowest BCUT2D eigenvalue weighted by molar-refractivity contribution is 0.0710. The van der Waals surface area contributed by atoms with Gasteiger partial charge in [-0.25, -0.2) is 18.9 Å². The first kappa shape index (κ1) is 17.8. The molecule has 8 nitrogen and oxygen atoms in total. The SMILES string of the molecule is Cc1cccc(S(=O)(=O)N2CCN(c3ncc(C(=O)NO)s3)CC2)c1. The zero-order valence-electron chi connectivity index (χ0n) is 13.5. The molecule has 3 rings (SSSR count). The molecule has 1 aliphatic rings. The summed E-state index contributed by atoms with van der Waals surface area (Å²) in [5.41, 5.74) is 2.47. The molecule has 1 saturated heterocycles. The summed E-state index contributed by atoms with van der Waals surface area (Å²) in [6, 6.07) is 6.87. The minimum atomic E-state index is -3.51. The molecule has 2 aromatic rings. The Labute approximate surface area is 149 Å². The number of nitrogens with zero attached hydrogens (tertiary/aromatic N) is 3. The van der Waals surface area contributed by atoms with Crippen LogP contribution >= 0.6 is 11.3 Å². The first-order valence-corrected chi connectivity index (χ1v) is 9.89. The van der Waals surface area contributed by atoms with Crippen LogP contribution in [0.3, 0.4) is 0 Å². The lowest BCUT2D eigenvalue weighted by Gasteiger charge is -2.33. The van der Waals surface area contributed by atoms with Crippen molar-refractivity contribution in [2.45, 2.75) is 11.8 Å². The number of aromatic nitrogens is 1. The predicted octanol–water partition coefficient (Wildman–Crippen LogP) is 1.08. The van der Waals surface area contributed by atoms with E-state index in [1.54, 1.807) is 23.7 Å². The summed E-state index contributed by atoms with van der Waals surface area (Å²) < 4.78 is 26.9. The zero-order valence-corrected chi connectivity index (χ0v) is 15.2. The van der Waals surface area contributed by atoms with Gasteiger partial charge < -0.3 is 4.90 Å². The molecule has 2 heterocycles. The number of sulfonamides is 1. The molecule has 0 atom stereocenters. The number of thiazole rings is 1. The summed E-state index contributed by atoms with van der Waals surface area (Å²) in [6.45, 7) is 3.52. The summed E-state index contributed by atoms with van der Waals surface area (Å²) in [4.78, 5) is 18.1. The van der Waals surface area contributed by atoms with Gasteiger partial charge in [0.25, 0.3) is 5.91 Å². The van der Waals surface area contributed by atoms with Gasteiger partial charge in [0.2, 0.25) is 10.0 Å². The summed E-state index contributed by atoms with van der Waals surface area (Å²) in [6.07, 6.45) is 1.39. The van der Waals surface area contributed by atoms with Crippen LogP contribution < -0.4 is 10.4 Å². The van der Waals surface area contributed by atoms with Crippen LogP contribution in [0.2, 0.25) is 0 Å². The monoisotopic (exact) mass is 382 g/mol. The van der Waals surface area contributed by atoms with Crippen molar-refractivity contribution in [1.82, 2.24) is 14.8 Å². The highest BCUT2D eigenvalue weighted by Gasteiger charge is 2.29. The van der Waals surface area contributed by atoms with Gasteiger partial charge in [0.15, 0.2) is 5.13 Å². The Bertz CT molecular complexity index is 873. The number of carbonyl (C=O) groups excluding carboxylic acids is 1. The highest BCUT2D eigenvalue weighted by atomic mass is 32.2. The van der Waals surface area contributed by atoms with Crippen molar-refractivity contribution in [2.24, 2.45) is 0 Å². The molecular formula is C15H18N4O4S2. The number of nitrogens with one attached hydrogen (secondary N) is 1. The van der Waals surface area contributed by atoms with Crippen molar-refractivity contribution >= 4 is 32.4 Å². The van der Waals surface area contributed by atoms with Crippen LogP contribution in [-0.4, -0.2) is 55.0 Å². The van der Waals surface area contributed by atoms with Gasteiger partial charge in [-0.3, -0.25) is 10.0 Å². The maximum atomic E-state index is 12.7. The number of carbonyl (C=O) groups is 1. The maximum absolute atomic E-state index is 12.7. The largest absolute Gasteiger partial charge is 0.345 e. The van der Waals surface area contributed by atoms with E-state index in [2.05, 4.69) is 4.98 Å². The maximum Gasteiger partial charge on any atom is 0.286 e. The van der Waals surface area contributed by atoms with Gasteiger partial charge in [-0.15, -0.1) is 0 Å². The van der Waals surface area contributed by atoms with E-state index in [0.717, 1.165) is 16.9 Å². The summed E-state index contributed by atoms with van der Waals surface area (Å²) in [7, 11) is -3.51. The second-order valence-electron chi connectivity index (χ2n) is 5.66. The quantitative estimate of drug-likeness (QED) is 0.606. The lowest BCUT2D eigenvalue weighted by atomic mass is 10.2. The van der Waals surface area contributed by atoms with Crippen LogP contribution in [0.25, 0.3) is 0 Å². The van der Waals surface area contributed by atoms with Crippen LogP contribution in [0.4, 0.5) is 5.13 Å². The molecule has 1 aromatic heterocycles. The highest BCUT2D eigenvalue weighted by molar-refractivity contribution is 7.89. The predicted molar refractivity (Wildman–Crippen MR) is 93.5 cm³/mol. The number of rotatable bonds is 4. The van der Waals surface area contributed by atoms with Gasteiger partial charge in [0, 0.05) is 26.2 Å². The molecule has 1 aliphatic heterocycles. The fraction of sp³-hybridized carbons (Fsp3) is 0.333. The summed E-state index contributed by atoms with van der Waals surface area (Å²) >= 11 is 1.15. The number of amides is 1. The third kappa shape index (κ3) is 3.66. The standard InChI is InChI=1S/C15H18N4O4S2/c1-11-3-2-4-12(9-11)25(22,23)19-7-5-18(6-8-19)15-16-10-13(24-15)14(20)17-21/h2-4,9-10,21H,5-8H2,1H3,(H,17,20). The molecule has 0 spiro atoms. The van der Waals surface area contributed by atoms with Crippen molar-refractivity contribution in [3.63, 3.8) is 0 Å². The Morgan fingerprint density at radius 3 is 2.64 bits per heavy atom. The van der Waals surface area contributed by atoms with Crippen molar-refractivity contribution in [3.05, 3.63) is 40.9 Å². The Hall–Kier alpha value is -2.01. The Morgan fingerprint density at radius 1 is 1.28 bits per heavy atom. The minimum absolute atomic E-state index is 0.298. The molecule has 25 heavy (non-hydrogen) atoms. The third-order valence-electron chi connectivity index (χ3n) is 3.96. The van der Waals surface area contributed by atoms with Crippen LogP contribution in [0.15, 0.2) is 35.4 Å². The normalized spacial score (nSPS) is 16.0. The fourth-order valence-electron chi connectivity index (χ4n) is 2.62. The molecule has 1 amide bonds. The molecule has 0 radical (unpaired) electrons. The number of anilines is 1. The molecule has 0 unspecified atom stereocenters. The topological polar surface area (TPSA) is 103 Å². The first-order valence-electron chi connectivity index (χ1n) is 7.64. The molecule has 2 N–H and O–H groups in total. The van der Waals surface area contributed by atoms with E-state index >= 15 is 0 Å². The van der Waals surface area contributed by atoms with Gasteiger partial charge in [-0.1, -0.05) is 23.5 Å². The molecule has 134 valence electrons. The van der Waals surface area contributed by atoms with Gasteiger partial charge in [0.05, 0.1) is 11.1 Å². The Balaban J connectivity index is 1.69. The van der Waals surface area contributed by atoms with E-state index in [0.29, 0.717) is 41.1 Å². The molecule has 1 aromatic carbocycles. The molecule has 0 saturated carbocycles. The number of benzene rings is 1. The van der Waals surface area contributed by atoms with Crippen LogP contribution in [0, 0.1) is 6.92 Å². The van der Waals surface area contributed by atoms with E-state index in [9.17, 15) is 13.2 Å². The second kappa shape index (κ2) is 7.08. The van der Waals surface area contributed by atoms with Gasteiger partial charge in [-0.2, -0.15) is 4.31 Å². The Morgan fingerprint density at radius 2 is 2.00 bits per heavy atom. The first-order chi connectivity index (χ1) is 11.9. The Kier molecular flexibility index (Phi) is 5.04. The highest BCUT2D eigenvalue weighted by Crippen LogP contribution is 2.25. The minimum Gasteiger partial charge on any atom is -0.345 e. The molecule has 0 bridgehead atoms. The number of piperazine rings is 1. The second-order valence-corrected chi connectivity index (χ2v) is 8.60. The molecule has 0 aliphatic carbocycles. The smallest absolute Gasteiger partial charge is 0.286 e. The summed E-state index contributed by atoms with van der Waals surface area (Å²) in [5, 5.41) is 9.28. The van der Waals surface area contributed by atoms with Crippen molar-refractivity contribution in [1.29, 1.82) is 0 Å². The number of hydrogen-bond donors (Lipinski definition) is 2. The van der Waals surface area contributed by atoms with Crippen LogP contribution in [-0.2, 0) is 10.0 Å². The molecule has 10 heteroatoms. The summed E-state index contributed by atoms with van der Waals surface area (Å²) in [5.74, 6) is -0.607. The molecule has 1 fully saturated rings. The van der Waals surface area contributed by atoms with Gasteiger partial charge >= 0.3 is 0 Å². The van der Waals surface area contributed by atoms with Crippen LogP contribution in [0.5, 0.6) is 0 Å². The van der Waals surface area contributed by atoms with Crippen molar-refractivity contribution in [3.8, 4) is 0 Å². The van der Waals surface area contributed by atoms with E-state index < -0.39 is 15.9 Å². The van der Waals surface area contributed by atoms with E-state index in [-0.39, 0.29) is 0 Å². The zero-order chi connectivity index (χ0) is 18.0. The van der Waals surface area contributed by atoms with Gasteiger partial charge in [-0.05, 0) is 24.6 Å². The van der Waals surface area contributed by atoms with E-state index in [4.69, 9.17) is 5.21 Å².